The Bertz CT molecular complexity index is 576. The average molecular weight is 270 g/mol. The third-order valence-corrected chi connectivity index (χ3v) is 3.28. The summed E-state index contributed by atoms with van der Waals surface area (Å²) < 4.78 is 0. The minimum absolute atomic E-state index is 0.127. The summed E-state index contributed by atoms with van der Waals surface area (Å²) in [6.07, 6.45) is 1.93. The molecule has 0 saturated carbocycles. The van der Waals surface area contributed by atoms with Gasteiger partial charge in [-0.25, -0.2) is 0 Å². The molecule has 0 unspecified atom stereocenters. The Balaban J connectivity index is 2.09. The van der Waals surface area contributed by atoms with Crippen LogP contribution in [0.5, 0.6) is 5.75 Å². The van der Waals surface area contributed by atoms with E-state index in [1.54, 1.807) is 0 Å². The number of phenols is 1. The summed E-state index contributed by atoms with van der Waals surface area (Å²) in [6.45, 7) is 0. The lowest BCUT2D eigenvalue weighted by Gasteiger charge is -2.09. The van der Waals surface area contributed by atoms with Gasteiger partial charge in [0.05, 0.1) is 0 Å². The van der Waals surface area contributed by atoms with Crippen LogP contribution in [-0.4, -0.2) is 16.2 Å². The lowest BCUT2D eigenvalue weighted by molar-refractivity contribution is -0.137. The highest BCUT2D eigenvalue weighted by molar-refractivity contribution is 5.66. The molecule has 3 nitrogen and oxygen atoms in total. The molecule has 0 aliphatic carbocycles. The molecule has 0 radical (unpaired) electrons. The van der Waals surface area contributed by atoms with Gasteiger partial charge in [-0.15, -0.1) is 0 Å². The van der Waals surface area contributed by atoms with E-state index in [9.17, 15) is 9.90 Å². The fraction of sp³-hybridized carbons (Fsp3) is 0.235. The van der Waals surface area contributed by atoms with Crippen molar-refractivity contribution in [3.05, 3.63) is 65.2 Å². The first-order valence-corrected chi connectivity index (χ1v) is 6.72. The van der Waals surface area contributed by atoms with Gasteiger partial charge in [0.25, 0.3) is 0 Å². The Morgan fingerprint density at radius 3 is 2.35 bits per heavy atom. The molecule has 2 aromatic carbocycles. The second-order valence-corrected chi connectivity index (χ2v) is 4.83. The quantitative estimate of drug-likeness (QED) is 0.846. The van der Waals surface area contributed by atoms with Gasteiger partial charge in [0.1, 0.15) is 5.75 Å². The molecule has 0 saturated heterocycles. The lowest BCUT2D eigenvalue weighted by Crippen LogP contribution is -1.97. The van der Waals surface area contributed by atoms with Crippen LogP contribution in [0.15, 0.2) is 48.5 Å². The second-order valence-electron chi connectivity index (χ2n) is 4.83. The van der Waals surface area contributed by atoms with Crippen molar-refractivity contribution in [2.75, 3.05) is 0 Å². The van der Waals surface area contributed by atoms with E-state index in [4.69, 9.17) is 5.11 Å². The molecule has 0 heterocycles. The van der Waals surface area contributed by atoms with Crippen molar-refractivity contribution in [3.63, 3.8) is 0 Å². The van der Waals surface area contributed by atoms with E-state index in [-0.39, 0.29) is 6.42 Å². The van der Waals surface area contributed by atoms with Gasteiger partial charge in [-0.1, -0.05) is 48.5 Å². The molecule has 3 heteroatoms. The number of phenolic OH excluding ortho intramolecular Hbond substituents is 1. The number of aromatic hydroxyl groups is 1. The first kappa shape index (κ1) is 14.1. The largest absolute Gasteiger partial charge is 0.507 e. The predicted octanol–water partition coefficient (Wildman–Crippen LogP) is 3.39. The van der Waals surface area contributed by atoms with Gasteiger partial charge in [-0.2, -0.15) is 0 Å². The number of aryl methyl sites for hydroxylation is 1. The molecule has 0 bridgehead atoms. The molecule has 20 heavy (non-hydrogen) atoms. The molecule has 2 N–H and O–H groups in total. The van der Waals surface area contributed by atoms with Gasteiger partial charge in [0, 0.05) is 12.8 Å². The third-order valence-electron chi connectivity index (χ3n) is 3.28. The fourth-order valence-electron chi connectivity index (χ4n) is 2.23. The smallest absolute Gasteiger partial charge is 0.303 e. The lowest BCUT2D eigenvalue weighted by atomic mass is 9.99. The first-order chi connectivity index (χ1) is 9.66. The summed E-state index contributed by atoms with van der Waals surface area (Å²) in [4.78, 5) is 10.5. The van der Waals surface area contributed by atoms with Crippen LogP contribution in [-0.2, 0) is 17.6 Å². The molecule has 104 valence electrons. The standard InChI is InChI=1S/C17H18O3/c18-16(19)11-5-9-14-8-4-10-15(17(14)20)12-13-6-2-1-3-7-13/h1-4,6-8,10,20H,5,9,11-12H2,(H,18,19). The highest BCUT2D eigenvalue weighted by atomic mass is 16.4. The minimum atomic E-state index is -0.801. The fourth-order valence-corrected chi connectivity index (χ4v) is 2.23. The van der Waals surface area contributed by atoms with Crippen LogP contribution in [0, 0.1) is 0 Å². The van der Waals surface area contributed by atoms with E-state index in [1.165, 1.54) is 0 Å². The Kier molecular flexibility index (Phi) is 4.77. The van der Waals surface area contributed by atoms with E-state index in [1.807, 2.05) is 48.5 Å². The van der Waals surface area contributed by atoms with E-state index in [0.717, 1.165) is 16.7 Å². The van der Waals surface area contributed by atoms with Crippen LogP contribution in [0.2, 0.25) is 0 Å². The topological polar surface area (TPSA) is 57.5 Å². The molecule has 0 aromatic heterocycles. The zero-order valence-corrected chi connectivity index (χ0v) is 11.2. The maximum Gasteiger partial charge on any atom is 0.303 e. The van der Waals surface area contributed by atoms with Crippen LogP contribution in [0.3, 0.4) is 0 Å². The normalized spacial score (nSPS) is 10.4. The number of carboxylic acids is 1. The van der Waals surface area contributed by atoms with Crippen molar-refractivity contribution in [1.82, 2.24) is 0 Å². The van der Waals surface area contributed by atoms with Crippen molar-refractivity contribution in [1.29, 1.82) is 0 Å². The Morgan fingerprint density at radius 1 is 0.950 bits per heavy atom. The molecule has 0 amide bonds. The summed E-state index contributed by atoms with van der Waals surface area (Å²) in [5, 5.41) is 18.9. The van der Waals surface area contributed by atoms with Gasteiger partial charge in [-0.3, -0.25) is 4.79 Å². The van der Waals surface area contributed by atoms with Gasteiger partial charge < -0.3 is 10.2 Å². The number of carbonyl (C=O) groups is 1. The Labute approximate surface area is 118 Å². The SMILES string of the molecule is O=C(O)CCCc1cccc(Cc2ccccc2)c1O. The van der Waals surface area contributed by atoms with E-state index >= 15 is 0 Å². The summed E-state index contributed by atoms with van der Waals surface area (Å²) in [7, 11) is 0. The van der Waals surface area contributed by atoms with Crippen LogP contribution in [0.4, 0.5) is 0 Å². The van der Waals surface area contributed by atoms with Crippen LogP contribution in [0.25, 0.3) is 0 Å². The number of hydrogen-bond acceptors (Lipinski definition) is 2. The number of benzene rings is 2. The summed E-state index contributed by atoms with van der Waals surface area (Å²) in [5.74, 6) is -0.508. The van der Waals surface area contributed by atoms with E-state index < -0.39 is 5.97 Å². The maximum absolute atomic E-state index is 10.5. The van der Waals surface area contributed by atoms with E-state index in [0.29, 0.717) is 25.0 Å². The van der Waals surface area contributed by atoms with Crippen LogP contribution in [0.1, 0.15) is 29.5 Å². The number of rotatable bonds is 6. The molecule has 0 spiro atoms. The molecular weight excluding hydrogens is 252 g/mol. The third kappa shape index (κ3) is 3.85. The van der Waals surface area contributed by atoms with Crippen LogP contribution < -0.4 is 0 Å². The summed E-state index contributed by atoms with van der Waals surface area (Å²) >= 11 is 0. The average Bonchev–Trinajstić information content (AvgIpc) is 2.44. The van der Waals surface area contributed by atoms with E-state index in [2.05, 4.69) is 0 Å². The van der Waals surface area contributed by atoms with Gasteiger partial charge in [0.15, 0.2) is 0 Å². The zero-order chi connectivity index (χ0) is 14.4. The minimum Gasteiger partial charge on any atom is -0.507 e. The van der Waals surface area contributed by atoms with Gasteiger partial charge >= 0.3 is 5.97 Å². The Morgan fingerprint density at radius 2 is 1.65 bits per heavy atom. The zero-order valence-electron chi connectivity index (χ0n) is 11.2. The first-order valence-electron chi connectivity index (χ1n) is 6.72. The summed E-state index contributed by atoms with van der Waals surface area (Å²) in [5.41, 5.74) is 2.84. The van der Waals surface area contributed by atoms with Crippen molar-refractivity contribution >= 4 is 5.97 Å². The predicted molar refractivity (Wildman–Crippen MR) is 77.9 cm³/mol. The van der Waals surface area contributed by atoms with Gasteiger partial charge in [-0.05, 0) is 29.5 Å². The maximum atomic E-state index is 10.5. The second kappa shape index (κ2) is 6.75. The van der Waals surface area contributed by atoms with Crippen molar-refractivity contribution < 1.29 is 15.0 Å². The van der Waals surface area contributed by atoms with Crippen molar-refractivity contribution in [2.45, 2.75) is 25.7 Å². The number of carboxylic acid groups (broad SMARTS) is 1. The Hall–Kier alpha value is -2.29. The number of aliphatic carboxylic acids is 1. The number of para-hydroxylation sites is 1. The van der Waals surface area contributed by atoms with Crippen molar-refractivity contribution in [2.24, 2.45) is 0 Å². The highest BCUT2D eigenvalue weighted by Crippen LogP contribution is 2.26. The van der Waals surface area contributed by atoms with Crippen LogP contribution >= 0.6 is 0 Å². The molecule has 2 aromatic rings. The molecule has 2 rings (SSSR count). The van der Waals surface area contributed by atoms with Crippen molar-refractivity contribution in [3.8, 4) is 5.75 Å². The highest BCUT2D eigenvalue weighted by Gasteiger charge is 2.08. The molecule has 0 atom stereocenters. The van der Waals surface area contributed by atoms with Gasteiger partial charge in [0.2, 0.25) is 0 Å². The molecule has 0 fully saturated rings. The molecular formula is C17H18O3. The summed E-state index contributed by atoms with van der Waals surface area (Å²) in [6, 6.07) is 15.6. The molecule has 0 aliphatic heterocycles. The monoisotopic (exact) mass is 270 g/mol. The molecule has 0 aliphatic rings. The number of hydrogen-bond donors (Lipinski definition) is 2.